The molecule has 3 rings (SSSR count). The van der Waals surface area contributed by atoms with Crippen molar-refractivity contribution in [1.29, 1.82) is 0 Å². The van der Waals surface area contributed by atoms with E-state index in [2.05, 4.69) is 62.0 Å². The van der Waals surface area contributed by atoms with Crippen LogP contribution in [0.15, 0.2) is 18.2 Å². The Morgan fingerprint density at radius 1 is 1.00 bits per heavy atom. The first-order valence-electron chi connectivity index (χ1n) is 9.68. The van der Waals surface area contributed by atoms with Gasteiger partial charge in [-0.15, -0.1) is 0 Å². The topological polar surface area (TPSA) is 33.7 Å². The van der Waals surface area contributed by atoms with Crippen molar-refractivity contribution in [1.82, 2.24) is 9.88 Å². The number of likely N-dealkylation sites (tertiary alicyclic amines) is 1. The Labute approximate surface area is 196 Å². The second kappa shape index (κ2) is 9.69. The van der Waals surface area contributed by atoms with Crippen LogP contribution in [-0.4, -0.2) is 83.7 Å². The standard InChI is InChI=1S/C21H34N2O2Si.2Li.2H/c1-21(2,3)22-26(6,7)20-14-17(23-10-8-9-11-23)15-12-18(24-4)19(25-5)13-16(15)20;;;;/h12-14,20,22H,8-11H2,1-7H3;;;;. The van der Waals surface area contributed by atoms with E-state index in [1.807, 2.05) is 0 Å². The van der Waals surface area contributed by atoms with Gasteiger partial charge in [0.05, 0.1) is 14.2 Å². The van der Waals surface area contributed by atoms with E-state index in [1.54, 1.807) is 14.2 Å². The van der Waals surface area contributed by atoms with E-state index in [-0.39, 0.29) is 43.3 Å². The second-order valence-electron chi connectivity index (χ2n) is 9.11. The molecule has 0 saturated carbocycles. The number of fused-ring (bicyclic) bond motifs is 1. The number of methoxy groups -OCH3 is 2. The van der Waals surface area contributed by atoms with Crippen LogP contribution in [0.1, 0.15) is 50.3 Å². The molecule has 1 heterocycles. The van der Waals surface area contributed by atoms with Gasteiger partial charge < -0.3 is 19.4 Å². The molecule has 1 unspecified atom stereocenters. The summed E-state index contributed by atoms with van der Waals surface area (Å²) in [6.45, 7) is 14.0. The molecule has 148 valence electrons. The molecule has 1 aliphatic heterocycles. The van der Waals surface area contributed by atoms with Crippen LogP contribution in [0, 0.1) is 0 Å². The second-order valence-corrected chi connectivity index (χ2v) is 13.4. The zero-order valence-electron chi connectivity index (χ0n) is 17.4. The van der Waals surface area contributed by atoms with E-state index in [1.165, 1.54) is 29.7 Å². The van der Waals surface area contributed by atoms with Gasteiger partial charge in [0, 0.05) is 35.4 Å². The number of allylic oxidation sites excluding steroid dienone is 1. The molecule has 1 N–H and O–H groups in total. The molecule has 0 aromatic heterocycles. The quantitative estimate of drug-likeness (QED) is 0.784. The molecule has 0 spiro atoms. The van der Waals surface area contributed by atoms with Crippen LogP contribution in [0.5, 0.6) is 11.5 Å². The van der Waals surface area contributed by atoms with Crippen molar-refractivity contribution in [3.05, 3.63) is 29.3 Å². The summed E-state index contributed by atoms with van der Waals surface area (Å²) in [7, 11) is 1.68. The van der Waals surface area contributed by atoms with Crippen molar-refractivity contribution in [3.63, 3.8) is 0 Å². The number of ether oxygens (including phenoxy) is 2. The van der Waals surface area contributed by atoms with Crippen molar-refractivity contribution in [2.24, 2.45) is 0 Å². The van der Waals surface area contributed by atoms with Crippen molar-refractivity contribution >= 4 is 51.7 Å². The fourth-order valence-electron chi connectivity index (χ4n) is 4.59. The summed E-state index contributed by atoms with van der Waals surface area (Å²) in [5.74, 6) is 1.65. The first-order chi connectivity index (χ1) is 12.2. The molecule has 28 heavy (non-hydrogen) atoms. The van der Waals surface area contributed by atoms with Gasteiger partial charge in [0.25, 0.3) is 0 Å². The molecule has 0 amide bonds. The van der Waals surface area contributed by atoms with Gasteiger partial charge in [0.15, 0.2) is 11.5 Å². The minimum atomic E-state index is -1.76. The van der Waals surface area contributed by atoms with E-state index in [9.17, 15) is 0 Å². The first kappa shape index (κ1) is 25.8. The van der Waals surface area contributed by atoms with Crippen LogP contribution in [0.2, 0.25) is 13.1 Å². The SMILES string of the molecule is COc1cc2c(cc1OC)C([Si](C)(C)NC(C)(C)C)C=C2N1CCCC1.[LiH].[LiH]. The van der Waals surface area contributed by atoms with Crippen LogP contribution in [-0.2, 0) is 0 Å². The average Bonchev–Trinajstić information content (AvgIpc) is 3.18. The van der Waals surface area contributed by atoms with Crippen molar-refractivity contribution < 1.29 is 9.47 Å². The summed E-state index contributed by atoms with van der Waals surface area (Å²) in [6, 6.07) is 4.39. The summed E-state index contributed by atoms with van der Waals surface area (Å²) in [5, 5.41) is 0. The first-order valence-corrected chi connectivity index (χ1v) is 12.8. The molecule has 2 aliphatic rings. The van der Waals surface area contributed by atoms with Gasteiger partial charge in [0.2, 0.25) is 0 Å². The average molecular weight is 390 g/mol. The molecule has 1 aromatic rings. The van der Waals surface area contributed by atoms with Gasteiger partial charge in [0.1, 0.15) is 8.24 Å². The summed E-state index contributed by atoms with van der Waals surface area (Å²) < 4.78 is 11.2. The Kier molecular flexibility index (Phi) is 8.92. The predicted octanol–water partition coefficient (Wildman–Crippen LogP) is 3.07. The van der Waals surface area contributed by atoms with Gasteiger partial charge in [-0.1, -0.05) is 19.2 Å². The maximum absolute atomic E-state index is 5.62. The Morgan fingerprint density at radius 2 is 1.54 bits per heavy atom. The molecule has 1 aromatic carbocycles. The molecule has 1 fully saturated rings. The molecule has 4 nitrogen and oxygen atoms in total. The van der Waals surface area contributed by atoms with Crippen LogP contribution < -0.4 is 14.5 Å². The van der Waals surface area contributed by atoms with E-state index >= 15 is 0 Å². The van der Waals surface area contributed by atoms with E-state index in [0.29, 0.717) is 5.54 Å². The van der Waals surface area contributed by atoms with Crippen LogP contribution in [0.25, 0.3) is 5.70 Å². The Morgan fingerprint density at radius 3 is 2.04 bits per heavy atom. The summed E-state index contributed by atoms with van der Waals surface area (Å²) >= 11 is 0. The minimum absolute atomic E-state index is 0. The molecule has 1 aliphatic carbocycles. The molecular weight excluding hydrogens is 354 g/mol. The number of nitrogens with one attached hydrogen (secondary N) is 1. The van der Waals surface area contributed by atoms with Crippen LogP contribution >= 0.6 is 0 Å². The summed E-state index contributed by atoms with van der Waals surface area (Å²) in [4.78, 5) is 6.51. The number of rotatable bonds is 5. The fraction of sp³-hybridized carbons (Fsp3) is 0.619. The zero-order valence-corrected chi connectivity index (χ0v) is 18.4. The van der Waals surface area contributed by atoms with Crippen molar-refractivity contribution in [2.45, 2.75) is 57.8 Å². The van der Waals surface area contributed by atoms with Crippen LogP contribution in [0.3, 0.4) is 0 Å². The van der Waals surface area contributed by atoms with E-state index in [0.717, 1.165) is 24.6 Å². The Balaban J connectivity index is 0.00000196. The fourth-order valence-corrected chi connectivity index (χ4v) is 8.27. The van der Waals surface area contributed by atoms with E-state index < -0.39 is 8.24 Å². The third-order valence-electron chi connectivity index (χ3n) is 5.41. The third kappa shape index (κ3) is 5.25. The predicted molar refractivity (Wildman–Crippen MR) is 126 cm³/mol. The zero-order chi connectivity index (χ0) is 19.1. The molecule has 0 radical (unpaired) electrons. The third-order valence-corrected chi connectivity index (χ3v) is 8.84. The van der Waals surface area contributed by atoms with Gasteiger partial charge >= 0.3 is 37.7 Å². The molecule has 0 bridgehead atoms. The number of hydrogen-bond donors (Lipinski definition) is 1. The van der Waals surface area contributed by atoms with Crippen LogP contribution in [0.4, 0.5) is 0 Å². The maximum atomic E-state index is 5.62. The number of benzene rings is 1. The monoisotopic (exact) mass is 390 g/mol. The number of hydrogen-bond acceptors (Lipinski definition) is 4. The van der Waals surface area contributed by atoms with Crippen molar-refractivity contribution in [2.75, 3.05) is 27.3 Å². The Bertz CT molecular complexity index is 711. The van der Waals surface area contributed by atoms with Gasteiger partial charge in [-0.3, -0.25) is 0 Å². The normalized spacial score (nSPS) is 18.8. The number of nitrogens with zero attached hydrogens (tertiary/aromatic N) is 1. The molecule has 1 saturated heterocycles. The molecule has 1 atom stereocenters. The van der Waals surface area contributed by atoms with Crippen molar-refractivity contribution in [3.8, 4) is 11.5 Å². The van der Waals surface area contributed by atoms with E-state index in [4.69, 9.17) is 9.47 Å². The molecular formula is C21H36Li2N2O2Si. The molecule has 7 heteroatoms. The Hall–Kier alpha value is -0.268. The summed E-state index contributed by atoms with van der Waals surface area (Å²) in [6.07, 6.45) is 5.08. The van der Waals surface area contributed by atoms with Gasteiger partial charge in [-0.25, -0.2) is 0 Å². The summed E-state index contributed by atoms with van der Waals surface area (Å²) in [5.41, 5.74) is 4.63. The van der Waals surface area contributed by atoms with Gasteiger partial charge in [-0.05, 0) is 51.3 Å². The van der Waals surface area contributed by atoms with Gasteiger partial charge in [-0.2, -0.15) is 0 Å².